The smallest absolute Gasteiger partial charge is 0.306 e. The summed E-state index contributed by atoms with van der Waals surface area (Å²) in [6.45, 7) is -0.509. The van der Waals surface area contributed by atoms with E-state index >= 15 is 0 Å². The molecule has 18 heavy (non-hydrogen) atoms. The Hall–Kier alpha value is -0.910. The monoisotopic (exact) mass is 281 g/mol. The molecule has 0 fully saturated rings. The molecule has 0 saturated heterocycles. The summed E-state index contributed by atoms with van der Waals surface area (Å²) in [6.07, 6.45) is -0.0264. The number of hydrogen-bond acceptors (Lipinski definition) is 6. The fourth-order valence-electron chi connectivity index (χ4n) is 1.27. The molecule has 0 heterocycles. The standard InChI is InChI=1S/C10H20NO6P/c1-17-10(15)3-2-9(14)11-8-18(16,6-4-12)7-5-13/h12-13H,2-8H2,1H3,(H,11,14). The molecule has 0 aliphatic heterocycles. The van der Waals surface area contributed by atoms with Crippen molar-refractivity contribution in [3.8, 4) is 0 Å². The topological polar surface area (TPSA) is 113 Å². The van der Waals surface area contributed by atoms with Crippen molar-refractivity contribution < 1.29 is 29.1 Å². The van der Waals surface area contributed by atoms with E-state index in [-0.39, 0.29) is 44.7 Å². The van der Waals surface area contributed by atoms with Gasteiger partial charge in [-0.3, -0.25) is 9.59 Å². The SMILES string of the molecule is COC(=O)CCC(=O)NCP(=O)(CCO)CCO. The number of carbonyl (C=O) groups excluding carboxylic acids is 2. The van der Waals surface area contributed by atoms with Crippen LogP contribution in [0.4, 0.5) is 0 Å². The van der Waals surface area contributed by atoms with Crippen molar-refractivity contribution in [2.75, 3.05) is 38.9 Å². The number of hydrogen-bond donors (Lipinski definition) is 3. The molecule has 0 bridgehead atoms. The van der Waals surface area contributed by atoms with Crippen LogP contribution >= 0.6 is 7.14 Å². The molecule has 0 aliphatic rings. The highest BCUT2D eigenvalue weighted by molar-refractivity contribution is 7.63. The van der Waals surface area contributed by atoms with Crippen LogP contribution in [-0.2, 0) is 18.9 Å². The average molecular weight is 281 g/mol. The van der Waals surface area contributed by atoms with E-state index < -0.39 is 19.0 Å². The van der Waals surface area contributed by atoms with Gasteiger partial charge in [0.25, 0.3) is 0 Å². The molecule has 0 aromatic carbocycles. The maximum atomic E-state index is 12.1. The highest BCUT2D eigenvalue weighted by Crippen LogP contribution is 2.43. The lowest BCUT2D eigenvalue weighted by Gasteiger charge is -2.16. The van der Waals surface area contributed by atoms with Gasteiger partial charge in [0.2, 0.25) is 5.91 Å². The van der Waals surface area contributed by atoms with E-state index in [0.717, 1.165) is 0 Å². The minimum atomic E-state index is -2.78. The number of carbonyl (C=O) groups is 2. The zero-order valence-corrected chi connectivity index (χ0v) is 11.3. The van der Waals surface area contributed by atoms with E-state index in [9.17, 15) is 14.2 Å². The number of ether oxygens (including phenoxy) is 1. The zero-order valence-electron chi connectivity index (χ0n) is 10.4. The van der Waals surface area contributed by atoms with Gasteiger partial charge < -0.3 is 24.8 Å². The Bertz CT molecular complexity index is 309. The van der Waals surface area contributed by atoms with Gasteiger partial charge in [-0.2, -0.15) is 0 Å². The number of nitrogens with one attached hydrogen (secondary N) is 1. The van der Waals surface area contributed by atoms with Gasteiger partial charge >= 0.3 is 5.97 Å². The van der Waals surface area contributed by atoms with Crippen molar-refractivity contribution in [1.82, 2.24) is 5.32 Å². The molecule has 0 saturated carbocycles. The van der Waals surface area contributed by atoms with Gasteiger partial charge in [-0.25, -0.2) is 0 Å². The first-order valence-electron chi connectivity index (χ1n) is 5.59. The number of amides is 1. The molecule has 0 aromatic rings. The quantitative estimate of drug-likeness (QED) is 0.383. The second-order valence-electron chi connectivity index (χ2n) is 3.79. The summed E-state index contributed by atoms with van der Waals surface area (Å²) in [5.74, 6) is -0.893. The highest BCUT2D eigenvalue weighted by Gasteiger charge is 2.21. The lowest BCUT2D eigenvalue weighted by Crippen LogP contribution is -2.27. The lowest BCUT2D eigenvalue weighted by atomic mass is 10.3. The summed E-state index contributed by atoms with van der Waals surface area (Å²) < 4.78 is 16.5. The Morgan fingerprint density at radius 1 is 1.17 bits per heavy atom. The van der Waals surface area contributed by atoms with Crippen molar-refractivity contribution in [2.24, 2.45) is 0 Å². The van der Waals surface area contributed by atoms with Crippen LogP contribution in [0.2, 0.25) is 0 Å². The summed E-state index contributed by atoms with van der Waals surface area (Å²) in [7, 11) is -1.54. The molecule has 0 radical (unpaired) electrons. The van der Waals surface area contributed by atoms with E-state index in [1.54, 1.807) is 0 Å². The largest absolute Gasteiger partial charge is 0.469 e. The molecule has 1 amide bonds. The molecule has 0 spiro atoms. The van der Waals surface area contributed by atoms with Crippen molar-refractivity contribution in [3.05, 3.63) is 0 Å². The average Bonchev–Trinajstić information content (AvgIpc) is 2.34. The van der Waals surface area contributed by atoms with E-state index in [2.05, 4.69) is 10.1 Å². The predicted octanol–water partition coefficient (Wildman–Crippen LogP) is -0.639. The van der Waals surface area contributed by atoms with Crippen LogP contribution in [0.5, 0.6) is 0 Å². The fourth-order valence-corrected chi connectivity index (χ4v) is 3.01. The molecule has 0 atom stereocenters. The van der Waals surface area contributed by atoms with Crippen molar-refractivity contribution in [3.63, 3.8) is 0 Å². The van der Waals surface area contributed by atoms with Crippen molar-refractivity contribution in [1.29, 1.82) is 0 Å². The normalized spacial score (nSPS) is 11.1. The van der Waals surface area contributed by atoms with Crippen LogP contribution in [0.1, 0.15) is 12.8 Å². The van der Waals surface area contributed by atoms with Gasteiger partial charge in [-0.15, -0.1) is 0 Å². The van der Waals surface area contributed by atoms with Crippen molar-refractivity contribution in [2.45, 2.75) is 12.8 Å². The molecule has 0 aromatic heterocycles. The van der Waals surface area contributed by atoms with E-state index in [1.807, 2.05) is 0 Å². The molecule has 0 rings (SSSR count). The Labute approximate surface area is 106 Å². The van der Waals surface area contributed by atoms with E-state index in [4.69, 9.17) is 10.2 Å². The van der Waals surface area contributed by atoms with E-state index in [1.165, 1.54) is 7.11 Å². The molecule has 0 aliphatic carbocycles. The minimum absolute atomic E-state index is 0.0351. The van der Waals surface area contributed by atoms with Crippen LogP contribution in [0, 0.1) is 0 Å². The van der Waals surface area contributed by atoms with Gasteiger partial charge in [-0.1, -0.05) is 0 Å². The minimum Gasteiger partial charge on any atom is -0.469 e. The maximum Gasteiger partial charge on any atom is 0.306 e. The molecule has 7 nitrogen and oxygen atoms in total. The van der Waals surface area contributed by atoms with Gasteiger partial charge in [0.1, 0.15) is 7.14 Å². The second kappa shape index (κ2) is 9.08. The van der Waals surface area contributed by atoms with Crippen LogP contribution < -0.4 is 5.32 Å². The lowest BCUT2D eigenvalue weighted by molar-refractivity contribution is -0.142. The Kier molecular flexibility index (Phi) is 8.62. The van der Waals surface area contributed by atoms with Crippen molar-refractivity contribution >= 4 is 19.0 Å². The predicted molar refractivity (Wildman–Crippen MR) is 65.8 cm³/mol. The van der Waals surface area contributed by atoms with Crippen LogP contribution in [0.25, 0.3) is 0 Å². The van der Waals surface area contributed by atoms with Gasteiger partial charge in [-0.05, 0) is 0 Å². The van der Waals surface area contributed by atoms with Crippen LogP contribution in [0.15, 0.2) is 0 Å². The summed E-state index contributed by atoms with van der Waals surface area (Å²) in [5.41, 5.74) is 0. The van der Waals surface area contributed by atoms with Gasteiger partial charge in [0, 0.05) is 32.0 Å². The Morgan fingerprint density at radius 2 is 1.72 bits per heavy atom. The number of methoxy groups -OCH3 is 1. The zero-order chi connectivity index (χ0) is 14.0. The molecule has 3 N–H and O–H groups in total. The Balaban J connectivity index is 4.07. The first-order valence-corrected chi connectivity index (χ1v) is 7.86. The van der Waals surface area contributed by atoms with Gasteiger partial charge in [0.05, 0.1) is 19.8 Å². The maximum absolute atomic E-state index is 12.1. The third kappa shape index (κ3) is 7.42. The van der Waals surface area contributed by atoms with Crippen LogP contribution in [0.3, 0.4) is 0 Å². The fraction of sp³-hybridized carbons (Fsp3) is 0.800. The highest BCUT2D eigenvalue weighted by atomic mass is 31.2. The summed E-state index contributed by atoms with van der Waals surface area (Å²) >= 11 is 0. The van der Waals surface area contributed by atoms with Gasteiger partial charge in [0.15, 0.2) is 0 Å². The number of esters is 1. The molecular weight excluding hydrogens is 261 g/mol. The number of rotatable bonds is 9. The second-order valence-corrected chi connectivity index (χ2v) is 7.11. The summed E-state index contributed by atoms with van der Waals surface area (Å²) in [4.78, 5) is 22.2. The summed E-state index contributed by atoms with van der Waals surface area (Å²) in [5, 5.41) is 20.0. The molecular formula is C10H20NO6P. The number of aliphatic hydroxyl groups excluding tert-OH is 2. The number of aliphatic hydroxyl groups is 2. The Morgan fingerprint density at radius 3 is 2.17 bits per heavy atom. The third-order valence-electron chi connectivity index (χ3n) is 2.36. The molecule has 8 heteroatoms. The van der Waals surface area contributed by atoms with Crippen LogP contribution in [-0.4, -0.2) is 61.0 Å². The van der Waals surface area contributed by atoms with E-state index in [0.29, 0.717) is 0 Å². The molecule has 106 valence electrons. The first-order chi connectivity index (χ1) is 8.47. The molecule has 0 unspecified atom stereocenters. The first kappa shape index (κ1) is 17.1. The third-order valence-corrected chi connectivity index (χ3v) is 5.13. The summed E-state index contributed by atoms with van der Waals surface area (Å²) in [6, 6.07) is 0.